The number of halogens is 1. The van der Waals surface area contributed by atoms with Crippen molar-refractivity contribution in [2.45, 2.75) is 97.3 Å². The summed E-state index contributed by atoms with van der Waals surface area (Å²) >= 11 is 6.28. The number of aryl methyl sites for hydroxylation is 1. The lowest BCUT2D eigenvalue weighted by Gasteiger charge is -2.32. The quantitative estimate of drug-likeness (QED) is 0.488. The van der Waals surface area contributed by atoms with Gasteiger partial charge < -0.3 is 14.4 Å². The van der Waals surface area contributed by atoms with E-state index in [1.54, 1.807) is 0 Å². The molecule has 1 aromatic carbocycles. The fourth-order valence-electron chi connectivity index (χ4n) is 4.61. The van der Waals surface area contributed by atoms with Crippen LogP contribution in [0.2, 0.25) is 5.15 Å². The van der Waals surface area contributed by atoms with Crippen LogP contribution in [0.1, 0.15) is 94.8 Å². The average Bonchev–Trinajstić information content (AvgIpc) is 3.05. The van der Waals surface area contributed by atoms with Gasteiger partial charge in [0.15, 0.2) is 5.15 Å². The average molecular weight is 461 g/mol. The summed E-state index contributed by atoms with van der Waals surface area (Å²) in [5, 5.41) is 10.2. The van der Waals surface area contributed by atoms with Crippen molar-refractivity contribution >= 4 is 17.6 Å². The van der Waals surface area contributed by atoms with E-state index < -0.39 is 5.60 Å². The molecule has 1 N–H and O–H groups in total. The highest BCUT2D eigenvalue weighted by atomic mass is 35.5. The van der Waals surface area contributed by atoms with Gasteiger partial charge in [0.05, 0.1) is 18.2 Å². The molecule has 32 heavy (non-hydrogen) atoms. The summed E-state index contributed by atoms with van der Waals surface area (Å²) < 4.78 is 7.76. The van der Waals surface area contributed by atoms with Crippen molar-refractivity contribution in [2.75, 3.05) is 0 Å². The van der Waals surface area contributed by atoms with Crippen molar-refractivity contribution in [3.8, 4) is 0 Å². The second-order valence-corrected chi connectivity index (χ2v) is 10.2. The van der Waals surface area contributed by atoms with Crippen LogP contribution in [0.15, 0.2) is 24.3 Å². The van der Waals surface area contributed by atoms with E-state index >= 15 is 0 Å². The zero-order valence-corrected chi connectivity index (χ0v) is 20.6. The highest BCUT2D eigenvalue weighted by molar-refractivity contribution is 6.30. The first-order valence-electron chi connectivity index (χ1n) is 11.9. The van der Waals surface area contributed by atoms with E-state index in [0.29, 0.717) is 17.4 Å². The summed E-state index contributed by atoms with van der Waals surface area (Å²) in [5.41, 5.74) is 2.52. The highest BCUT2D eigenvalue weighted by Crippen LogP contribution is 2.39. The number of carbonyl (C=O) groups is 1. The van der Waals surface area contributed by atoms with E-state index in [4.69, 9.17) is 16.3 Å². The summed E-state index contributed by atoms with van der Waals surface area (Å²) in [6, 6.07) is 8.53. The van der Waals surface area contributed by atoms with Gasteiger partial charge in [-0.2, -0.15) is 0 Å². The van der Waals surface area contributed by atoms with Gasteiger partial charge in [0.25, 0.3) is 0 Å². The van der Waals surface area contributed by atoms with Crippen molar-refractivity contribution < 1.29 is 14.6 Å². The number of ether oxygens (including phenoxy) is 1. The van der Waals surface area contributed by atoms with Crippen LogP contribution < -0.4 is 0 Å². The van der Waals surface area contributed by atoms with E-state index in [9.17, 15) is 9.90 Å². The maximum Gasteiger partial charge on any atom is 0.310 e. The Hall–Kier alpha value is -1.85. The monoisotopic (exact) mass is 460 g/mol. The lowest BCUT2D eigenvalue weighted by atomic mass is 9.75. The number of aliphatic hydroxyl groups excluding tert-OH is 1. The molecule has 1 heterocycles. The topological polar surface area (TPSA) is 64.4 Å². The van der Waals surface area contributed by atoms with Gasteiger partial charge in [-0.3, -0.25) is 4.79 Å². The molecule has 1 aliphatic carbocycles. The Bertz CT molecular complexity index is 899. The number of rotatable bonds is 8. The van der Waals surface area contributed by atoms with Crippen LogP contribution in [0.3, 0.4) is 0 Å². The first kappa shape index (κ1) is 24.8. The molecule has 176 valence electrons. The van der Waals surface area contributed by atoms with Crippen LogP contribution >= 0.6 is 11.6 Å². The molecule has 6 heteroatoms. The summed E-state index contributed by atoms with van der Waals surface area (Å²) in [5.74, 6) is 0.959. The number of aliphatic hydroxyl groups is 1. The van der Waals surface area contributed by atoms with Crippen LogP contribution in [0, 0.1) is 5.92 Å². The number of hydrogen-bond acceptors (Lipinski definition) is 4. The third-order valence-corrected chi connectivity index (χ3v) is 6.53. The lowest BCUT2D eigenvalue weighted by molar-refractivity contribution is -0.161. The smallest absolute Gasteiger partial charge is 0.310 e. The number of unbranched alkanes of at least 4 members (excludes halogenated alkanes) is 1. The van der Waals surface area contributed by atoms with Gasteiger partial charge in [-0.05, 0) is 57.1 Å². The first-order chi connectivity index (χ1) is 15.2. The predicted octanol–water partition coefficient (Wildman–Crippen LogP) is 6.04. The molecule has 0 saturated heterocycles. The predicted molar refractivity (Wildman–Crippen MR) is 128 cm³/mol. The number of nitrogens with zero attached hydrogens (tertiary/aromatic N) is 2. The second-order valence-electron chi connectivity index (χ2n) is 9.89. The molecule has 5 nitrogen and oxygen atoms in total. The standard InChI is InChI=1S/C26H37ClN2O3/c1-5-6-11-23-28-24(27)22(17-30)29(23)16-18-12-14-19(15-13-18)20-9-7-8-10-21(20)25(31)32-26(2,3)4/h12-15,20-21,30H,5-11,16-17H2,1-4H3. The molecule has 2 unspecified atom stereocenters. The van der Waals surface area contributed by atoms with Crippen LogP contribution in [-0.4, -0.2) is 26.2 Å². The van der Waals surface area contributed by atoms with Crippen LogP contribution in [0.25, 0.3) is 0 Å². The summed E-state index contributed by atoms with van der Waals surface area (Å²) in [6.45, 7) is 8.42. The Morgan fingerprint density at radius 2 is 1.91 bits per heavy atom. The van der Waals surface area contributed by atoms with Gasteiger partial charge in [-0.15, -0.1) is 0 Å². The maximum atomic E-state index is 12.8. The highest BCUT2D eigenvalue weighted by Gasteiger charge is 2.35. The Morgan fingerprint density at radius 3 is 2.53 bits per heavy atom. The van der Waals surface area contributed by atoms with Crippen molar-refractivity contribution in [3.05, 3.63) is 52.1 Å². The Morgan fingerprint density at radius 1 is 1.22 bits per heavy atom. The number of esters is 1. The summed E-state index contributed by atoms with van der Waals surface area (Å²) in [4.78, 5) is 17.3. The zero-order chi connectivity index (χ0) is 23.3. The minimum absolute atomic E-state index is 0.0764. The molecule has 2 atom stereocenters. The van der Waals surface area contributed by atoms with E-state index in [-0.39, 0.29) is 24.4 Å². The van der Waals surface area contributed by atoms with E-state index in [1.165, 1.54) is 5.56 Å². The minimum atomic E-state index is -0.463. The van der Waals surface area contributed by atoms with Crippen molar-refractivity contribution in [2.24, 2.45) is 5.92 Å². The number of carbonyl (C=O) groups excluding carboxylic acids is 1. The molecule has 0 radical (unpaired) electrons. The molecular weight excluding hydrogens is 424 g/mol. The van der Waals surface area contributed by atoms with E-state index in [2.05, 4.69) is 36.2 Å². The van der Waals surface area contributed by atoms with Gasteiger partial charge >= 0.3 is 5.97 Å². The summed E-state index contributed by atoms with van der Waals surface area (Å²) in [6.07, 6.45) is 7.06. The van der Waals surface area contributed by atoms with Crippen molar-refractivity contribution in [3.63, 3.8) is 0 Å². The van der Waals surface area contributed by atoms with Gasteiger partial charge in [-0.25, -0.2) is 4.98 Å². The van der Waals surface area contributed by atoms with Gasteiger partial charge in [0.1, 0.15) is 11.4 Å². The van der Waals surface area contributed by atoms with Crippen LogP contribution in [-0.2, 0) is 29.1 Å². The van der Waals surface area contributed by atoms with Crippen LogP contribution in [0.4, 0.5) is 0 Å². The molecular formula is C26H37ClN2O3. The van der Waals surface area contributed by atoms with Gasteiger partial charge in [0.2, 0.25) is 0 Å². The fraction of sp³-hybridized carbons (Fsp3) is 0.615. The molecule has 1 aromatic heterocycles. The fourth-order valence-corrected chi connectivity index (χ4v) is 4.87. The van der Waals surface area contributed by atoms with E-state index in [1.807, 2.05) is 25.3 Å². The molecule has 1 fully saturated rings. The Balaban J connectivity index is 1.78. The molecule has 0 spiro atoms. The largest absolute Gasteiger partial charge is 0.460 e. The molecule has 1 saturated carbocycles. The first-order valence-corrected chi connectivity index (χ1v) is 12.3. The molecule has 2 aromatic rings. The zero-order valence-electron chi connectivity index (χ0n) is 19.9. The number of imidazole rings is 1. The lowest BCUT2D eigenvalue weighted by Crippen LogP contribution is -2.33. The second kappa shape index (κ2) is 10.8. The Kier molecular flexibility index (Phi) is 8.40. The SMILES string of the molecule is CCCCc1nc(Cl)c(CO)n1Cc1ccc(C2CCCCC2C(=O)OC(C)(C)C)cc1. The van der Waals surface area contributed by atoms with Crippen molar-refractivity contribution in [1.82, 2.24) is 9.55 Å². The maximum absolute atomic E-state index is 12.8. The molecule has 1 aliphatic rings. The third kappa shape index (κ3) is 6.14. The third-order valence-electron chi connectivity index (χ3n) is 6.23. The molecule has 0 aliphatic heterocycles. The number of hydrogen-bond donors (Lipinski definition) is 1. The molecule has 0 bridgehead atoms. The number of benzene rings is 1. The summed E-state index contributed by atoms with van der Waals surface area (Å²) in [7, 11) is 0. The van der Waals surface area contributed by atoms with Crippen LogP contribution in [0.5, 0.6) is 0 Å². The van der Waals surface area contributed by atoms with E-state index in [0.717, 1.165) is 56.3 Å². The van der Waals surface area contributed by atoms with Gasteiger partial charge in [-0.1, -0.05) is 62.1 Å². The Labute approximate surface area is 197 Å². The molecule has 0 amide bonds. The molecule has 3 rings (SSSR count). The minimum Gasteiger partial charge on any atom is -0.460 e. The normalized spacial score (nSPS) is 19.2. The van der Waals surface area contributed by atoms with Gasteiger partial charge in [0, 0.05) is 13.0 Å². The number of aromatic nitrogens is 2. The van der Waals surface area contributed by atoms with Crippen molar-refractivity contribution in [1.29, 1.82) is 0 Å².